The Morgan fingerprint density at radius 2 is 1.94 bits per heavy atom. The summed E-state index contributed by atoms with van der Waals surface area (Å²) in [6.07, 6.45) is 5.36. The minimum Gasteiger partial charge on any atom is -0.347 e. The van der Waals surface area contributed by atoms with Gasteiger partial charge in [0.25, 0.3) is 0 Å². The first-order valence-electron chi connectivity index (χ1n) is 4.75. The maximum Gasteiger partial charge on any atom is 0.171 e. The quantitative estimate of drug-likeness (QED) is 0.648. The number of nitrogens with one attached hydrogen (secondary N) is 2. The molecule has 0 aromatic heterocycles. The van der Waals surface area contributed by atoms with Gasteiger partial charge in [-0.1, -0.05) is 21.9 Å². The SMILES string of the molecule is C#CC(C)(C)NC(=S)Nc1ccc(Br)cc1. The first-order chi connectivity index (χ1) is 7.43. The lowest BCUT2D eigenvalue weighted by molar-refractivity contribution is 0.604. The monoisotopic (exact) mass is 296 g/mol. The van der Waals surface area contributed by atoms with Crippen molar-refractivity contribution in [2.45, 2.75) is 19.4 Å². The van der Waals surface area contributed by atoms with Gasteiger partial charge in [0.1, 0.15) is 0 Å². The molecule has 0 saturated carbocycles. The summed E-state index contributed by atoms with van der Waals surface area (Å²) in [5.41, 5.74) is 0.480. The second-order valence-corrected chi connectivity index (χ2v) is 5.18. The molecule has 1 aromatic carbocycles. The van der Waals surface area contributed by atoms with Gasteiger partial charge in [-0.05, 0) is 50.3 Å². The minimum atomic E-state index is -0.445. The normalized spacial score (nSPS) is 10.4. The standard InChI is InChI=1S/C12H13BrN2S/c1-4-12(2,3)15-11(16)14-10-7-5-9(13)6-8-10/h1,5-8H,2-3H3,(H2,14,15,16). The number of halogens is 1. The largest absolute Gasteiger partial charge is 0.347 e. The highest BCUT2D eigenvalue weighted by atomic mass is 79.9. The first kappa shape index (κ1) is 13.0. The van der Waals surface area contributed by atoms with Crippen LogP contribution in [0.15, 0.2) is 28.7 Å². The Morgan fingerprint density at radius 3 is 2.44 bits per heavy atom. The predicted molar refractivity (Wildman–Crippen MR) is 76.4 cm³/mol. The third-order valence-electron chi connectivity index (χ3n) is 1.89. The Balaban J connectivity index is 2.59. The lowest BCUT2D eigenvalue weighted by Gasteiger charge is -2.22. The number of rotatable bonds is 2. The van der Waals surface area contributed by atoms with E-state index in [9.17, 15) is 0 Å². The molecule has 0 saturated heterocycles. The zero-order chi connectivity index (χ0) is 12.2. The van der Waals surface area contributed by atoms with Gasteiger partial charge < -0.3 is 10.6 Å². The molecule has 0 atom stereocenters. The number of hydrogen-bond acceptors (Lipinski definition) is 1. The van der Waals surface area contributed by atoms with Crippen LogP contribution < -0.4 is 10.6 Å². The molecule has 84 valence electrons. The van der Waals surface area contributed by atoms with Crippen molar-refractivity contribution in [2.24, 2.45) is 0 Å². The van der Waals surface area contributed by atoms with Crippen molar-refractivity contribution in [3.8, 4) is 12.3 Å². The summed E-state index contributed by atoms with van der Waals surface area (Å²) in [4.78, 5) is 0. The maximum atomic E-state index is 5.36. The Hall–Kier alpha value is -1.05. The maximum absolute atomic E-state index is 5.36. The zero-order valence-corrected chi connectivity index (χ0v) is 11.6. The van der Waals surface area contributed by atoms with Crippen LogP contribution in [-0.2, 0) is 0 Å². The number of benzene rings is 1. The fourth-order valence-corrected chi connectivity index (χ4v) is 1.65. The summed E-state index contributed by atoms with van der Waals surface area (Å²) in [7, 11) is 0. The molecule has 0 aliphatic carbocycles. The fourth-order valence-electron chi connectivity index (χ4n) is 1.02. The lowest BCUT2D eigenvalue weighted by Crippen LogP contribution is -2.44. The van der Waals surface area contributed by atoms with E-state index in [1.165, 1.54) is 0 Å². The van der Waals surface area contributed by atoms with Crippen LogP contribution in [0.25, 0.3) is 0 Å². The van der Waals surface area contributed by atoms with E-state index in [-0.39, 0.29) is 0 Å². The van der Waals surface area contributed by atoms with Crippen molar-refractivity contribution < 1.29 is 0 Å². The van der Waals surface area contributed by atoms with Gasteiger partial charge in [-0.2, -0.15) is 0 Å². The molecule has 1 rings (SSSR count). The van der Waals surface area contributed by atoms with Crippen LogP contribution in [0.2, 0.25) is 0 Å². The summed E-state index contributed by atoms with van der Waals surface area (Å²) in [5.74, 6) is 2.62. The van der Waals surface area contributed by atoms with Crippen molar-refractivity contribution in [1.82, 2.24) is 5.32 Å². The number of thiocarbonyl (C=S) groups is 1. The Kier molecular flexibility index (Phi) is 4.34. The third kappa shape index (κ3) is 4.21. The first-order valence-corrected chi connectivity index (χ1v) is 5.95. The van der Waals surface area contributed by atoms with Gasteiger partial charge in [-0.3, -0.25) is 0 Å². The van der Waals surface area contributed by atoms with Gasteiger partial charge in [0.05, 0.1) is 5.54 Å². The zero-order valence-electron chi connectivity index (χ0n) is 9.17. The van der Waals surface area contributed by atoms with Gasteiger partial charge in [0.15, 0.2) is 5.11 Å². The van der Waals surface area contributed by atoms with Gasteiger partial charge in [0.2, 0.25) is 0 Å². The second-order valence-electron chi connectivity index (χ2n) is 3.86. The molecule has 0 unspecified atom stereocenters. The molecule has 2 N–H and O–H groups in total. The minimum absolute atomic E-state index is 0.445. The summed E-state index contributed by atoms with van der Waals surface area (Å²) in [6, 6.07) is 7.75. The highest BCUT2D eigenvalue weighted by Gasteiger charge is 2.14. The molecule has 0 aliphatic heterocycles. The molecule has 0 spiro atoms. The average molecular weight is 297 g/mol. The van der Waals surface area contributed by atoms with Crippen molar-refractivity contribution in [2.75, 3.05) is 5.32 Å². The van der Waals surface area contributed by atoms with Crippen molar-refractivity contribution in [1.29, 1.82) is 0 Å². The molecule has 0 amide bonds. The van der Waals surface area contributed by atoms with Crippen molar-refractivity contribution in [3.63, 3.8) is 0 Å². The smallest absolute Gasteiger partial charge is 0.171 e. The highest BCUT2D eigenvalue weighted by molar-refractivity contribution is 9.10. The highest BCUT2D eigenvalue weighted by Crippen LogP contribution is 2.14. The van der Waals surface area contributed by atoms with E-state index in [0.29, 0.717) is 5.11 Å². The summed E-state index contributed by atoms with van der Waals surface area (Å²) >= 11 is 8.52. The molecular weight excluding hydrogens is 284 g/mol. The number of hydrogen-bond donors (Lipinski definition) is 2. The van der Waals surface area contributed by atoms with Crippen LogP contribution in [0.1, 0.15) is 13.8 Å². The van der Waals surface area contributed by atoms with E-state index in [0.717, 1.165) is 10.2 Å². The molecule has 2 nitrogen and oxygen atoms in total. The van der Waals surface area contributed by atoms with E-state index < -0.39 is 5.54 Å². The lowest BCUT2D eigenvalue weighted by atomic mass is 10.1. The molecule has 1 aromatic rings. The fraction of sp³-hybridized carbons (Fsp3) is 0.250. The van der Waals surface area contributed by atoms with Gasteiger partial charge >= 0.3 is 0 Å². The molecule has 0 heterocycles. The van der Waals surface area contributed by atoms with Crippen LogP contribution in [0.3, 0.4) is 0 Å². The predicted octanol–water partition coefficient (Wildman–Crippen LogP) is 3.15. The molecular formula is C12H13BrN2S. The number of anilines is 1. The average Bonchev–Trinajstić information content (AvgIpc) is 2.21. The van der Waals surface area contributed by atoms with Crippen molar-refractivity contribution in [3.05, 3.63) is 28.7 Å². The molecule has 0 radical (unpaired) electrons. The van der Waals surface area contributed by atoms with Crippen molar-refractivity contribution >= 4 is 38.9 Å². The Bertz CT molecular complexity index is 418. The van der Waals surface area contributed by atoms with E-state index in [1.54, 1.807) is 0 Å². The number of terminal acetylenes is 1. The summed E-state index contributed by atoms with van der Waals surface area (Å²) < 4.78 is 1.03. The van der Waals surface area contributed by atoms with Gasteiger partial charge in [-0.25, -0.2) is 0 Å². The van der Waals surface area contributed by atoms with Gasteiger partial charge in [-0.15, -0.1) is 6.42 Å². The molecule has 0 bridgehead atoms. The Morgan fingerprint density at radius 1 is 1.38 bits per heavy atom. The third-order valence-corrected chi connectivity index (χ3v) is 2.62. The topological polar surface area (TPSA) is 24.1 Å². The van der Waals surface area contributed by atoms with E-state index in [1.807, 2.05) is 38.1 Å². The molecule has 0 fully saturated rings. The Labute approximate surface area is 110 Å². The second kappa shape index (κ2) is 5.33. The summed E-state index contributed by atoms with van der Waals surface area (Å²) in [6.45, 7) is 3.78. The molecule has 4 heteroatoms. The molecule has 16 heavy (non-hydrogen) atoms. The van der Waals surface area contributed by atoms with Crippen LogP contribution in [0.4, 0.5) is 5.69 Å². The van der Waals surface area contributed by atoms with Crippen LogP contribution >= 0.6 is 28.1 Å². The van der Waals surface area contributed by atoms with Crippen LogP contribution in [0.5, 0.6) is 0 Å². The van der Waals surface area contributed by atoms with Crippen LogP contribution in [0, 0.1) is 12.3 Å². The van der Waals surface area contributed by atoms with Gasteiger partial charge in [0, 0.05) is 10.2 Å². The van der Waals surface area contributed by atoms with E-state index in [2.05, 4.69) is 32.5 Å². The van der Waals surface area contributed by atoms with Crippen LogP contribution in [-0.4, -0.2) is 10.7 Å². The summed E-state index contributed by atoms with van der Waals surface area (Å²) in [5, 5.41) is 6.62. The van der Waals surface area contributed by atoms with E-state index >= 15 is 0 Å². The van der Waals surface area contributed by atoms with E-state index in [4.69, 9.17) is 18.6 Å². The molecule has 0 aliphatic rings.